The molecule has 0 aliphatic carbocycles. The van der Waals surface area contributed by atoms with Crippen molar-refractivity contribution < 1.29 is 0 Å². The summed E-state index contributed by atoms with van der Waals surface area (Å²) in [6, 6.07) is 6.20. The summed E-state index contributed by atoms with van der Waals surface area (Å²) in [5, 5.41) is 7.97. The standard InChI is InChI=1S/C17H21N7/c1-3-15(13-18-6-1)4-2-8-22-9-11-23(12-10-22)16-5-7-19-17-21-20-14-24(16)17/h1,3,5-7,13-14H,2,4,8-12H2. The fourth-order valence-electron chi connectivity index (χ4n) is 3.24. The predicted molar refractivity (Wildman–Crippen MR) is 92.0 cm³/mol. The average Bonchev–Trinajstić information content (AvgIpc) is 3.12. The maximum Gasteiger partial charge on any atom is 0.256 e. The second-order valence-corrected chi connectivity index (χ2v) is 6.10. The number of anilines is 1. The van der Waals surface area contributed by atoms with E-state index in [2.05, 4.69) is 36.0 Å². The maximum absolute atomic E-state index is 4.23. The molecule has 1 aliphatic heterocycles. The first-order chi connectivity index (χ1) is 11.9. The van der Waals surface area contributed by atoms with E-state index in [0.29, 0.717) is 5.78 Å². The van der Waals surface area contributed by atoms with Gasteiger partial charge in [-0.3, -0.25) is 14.3 Å². The number of hydrogen-bond donors (Lipinski definition) is 0. The lowest BCUT2D eigenvalue weighted by molar-refractivity contribution is 0.254. The molecule has 3 aromatic heterocycles. The Morgan fingerprint density at radius 2 is 1.96 bits per heavy atom. The minimum Gasteiger partial charge on any atom is -0.355 e. The molecule has 1 saturated heterocycles. The van der Waals surface area contributed by atoms with Crippen molar-refractivity contribution in [2.75, 3.05) is 37.6 Å². The van der Waals surface area contributed by atoms with Gasteiger partial charge in [0.1, 0.15) is 12.1 Å². The van der Waals surface area contributed by atoms with E-state index in [4.69, 9.17) is 0 Å². The minimum absolute atomic E-state index is 0.659. The molecule has 1 aliphatic rings. The summed E-state index contributed by atoms with van der Waals surface area (Å²) in [7, 11) is 0. The summed E-state index contributed by atoms with van der Waals surface area (Å²) < 4.78 is 1.96. The van der Waals surface area contributed by atoms with Crippen molar-refractivity contribution >= 4 is 11.6 Å². The first kappa shape index (κ1) is 15.0. The van der Waals surface area contributed by atoms with E-state index >= 15 is 0 Å². The van der Waals surface area contributed by atoms with Gasteiger partial charge in [-0.05, 0) is 37.1 Å². The van der Waals surface area contributed by atoms with Gasteiger partial charge in [0, 0.05) is 44.8 Å². The van der Waals surface area contributed by atoms with Crippen molar-refractivity contribution in [3.63, 3.8) is 0 Å². The van der Waals surface area contributed by atoms with Gasteiger partial charge in [-0.15, -0.1) is 10.2 Å². The lowest BCUT2D eigenvalue weighted by Crippen LogP contribution is -2.47. The van der Waals surface area contributed by atoms with Gasteiger partial charge in [-0.1, -0.05) is 6.07 Å². The van der Waals surface area contributed by atoms with E-state index in [9.17, 15) is 0 Å². The van der Waals surface area contributed by atoms with Crippen LogP contribution in [-0.2, 0) is 6.42 Å². The quantitative estimate of drug-likeness (QED) is 0.705. The molecule has 0 saturated carbocycles. The second kappa shape index (κ2) is 6.92. The number of aromatic nitrogens is 5. The van der Waals surface area contributed by atoms with Crippen LogP contribution in [-0.4, -0.2) is 62.2 Å². The van der Waals surface area contributed by atoms with E-state index < -0.39 is 0 Å². The minimum atomic E-state index is 0.659. The molecule has 0 N–H and O–H groups in total. The topological polar surface area (TPSA) is 62.5 Å². The normalized spacial score (nSPS) is 15.9. The largest absolute Gasteiger partial charge is 0.355 e. The Balaban J connectivity index is 1.30. The molecule has 4 heterocycles. The predicted octanol–water partition coefficient (Wildman–Crippen LogP) is 1.27. The number of aryl methyl sites for hydroxylation is 1. The summed E-state index contributed by atoms with van der Waals surface area (Å²) in [5.74, 6) is 1.78. The van der Waals surface area contributed by atoms with Crippen molar-refractivity contribution in [2.24, 2.45) is 0 Å². The van der Waals surface area contributed by atoms with Crippen LogP contribution in [0.25, 0.3) is 5.78 Å². The number of fused-ring (bicyclic) bond motifs is 1. The van der Waals surface area contributed by atoms with Crippen LogP contribution in [0.1, 0.15) is 12.0 Å². The number of piperazine rings is 1. The molecule has 0 bridgehead atoms. The van der Waals surface area contributed by atoms with E-state index in [1.165, 1.54) is 12.0 Å². The molecule has 3 aromatic rings. The molecule has 0 radical (unpaired) electrons. The summed E-state index contributed by atoms with van der Waals surface area (Å²) in [5.41, 5.74) is 1.32. The van der Waals surface area contributed by atoms with Crippen molar-refractivity contribution in [1.29, 1.82) is 0 Å². The molecule has 0 spiro atoms. The Morgan fingerprint density at radius 3 is 2.79 bits per heavy atom. The zero-order valence-electron chi connectivity index (χ0n) is 13.6. The number of pyridine rings is 1. The van der Waals surface area contributed by atoms with Gasteiger partial charge in [0.25, 0.3) is 5.78 Å². The first-order valence-electron chi connectivity index (χ1n) is 8.41. The summed E-state index contributed by atoms with van der Waals surface area (Å²) in [4.78, 5) is 13.3. The molecular formula is C17H21N7. The monoisotopic (exact) mass is 323 g/mol. The highest BCUT2D eigenvalue weighted by Crippen LogP contribution is 2.16. The SMILES string of the molecule is c1cncc(CCCN2CCN(c3ccnc4nncn34)CC2)c1. The molecule has 0 unspecified atom stereocenters. The van der Waals surface area contributed by atoms with E-state index in [-0.39, 0.29) is 0 Å². The highest BCUT2D eigenvalue weighted by atomic mass is 15.3. The Hall–Kier alpha value is -2.54. The Morgan fingerprint density at radius 1 is 1.04 bits per heavy atom. The molecular weight excluding hydrogens is 302 g/mol. The lowest BCUT2D eigenvalue weighted by Gasteiger charge is -2.36. The molecule has 24 heavy (non-hydrogen) atoms. The molecule has 0 atom stereocenters. The average molecular weight is 323 g/mol. The maximum atomic E-state index is 4.23. The fourth-order valence-corrected chi connectivity index (χ4v) is 3.24. The molecule has 7 nitrogen and oxygen atoms in total. The lowest BCUT2D eigenvalue weighted by atomic mass is 10.1. The molecule has 0 amide bonds. The van der Waals surface area contributed by atoms with Gasteiger partial charge >= 0.3 is 0 Å². The third kappa shape index (κ3) is 3.21. The van der Waals surface area contributed by atoms with Crippen LogP contribution in [0.5, 0.6) is 0 Å². The number of rotatable bonds is 5. The Bertz CT molecular complexity index is 778. The van der Waals surface area contributed by atoms with Gasteiger partial charge in [-0.2, -0.15) is 0 Å². The summed E-state index contributed by atoms with van der Waals surface area (Å²) in [6.07, 6.45) is 9.61. The van der Waals surface area contributed by atoms with Gasteiger partial charge < -0.3 is 4.90 Å². The highest BCUT2D eigenvalue weighted by molar-refractivity contribution is 5.46. The van der Waals surface area contributed by atoms with Crippen LogP contribution in [0.15, 0.2) is 43.1 Å². The van der Waals surface area contributed by atoms with E-state index in [1.807, 2.05) is 28.9 Å². The van der Waals surface area contributed by atoms with Crippen LogP contribution in [0.3, 0.4) is 0 Å². The molecule has 4 rings (SSSR count). The third-order valence-electron chi connectivity index (χ3n) is 4.55. The zero-order valence-corrected chi connectivity index (χ0v) is 13.6. The van der Waals surface area contributed by atoms with Crippen LogP contribution in [0.4, 0.5) is 5.82 Å². The van der Waals surface area contributed by atoms with Gasteiger partial charge in [-0.25, -0.2) is 4.98 Å². The molecule has 7 heteroatoms. The van der Waals surface area contributed by atoms with Crippen molar-refractivity contribution in [2.45, 2.75) is 12.8 Å². The van der Waals surface area contributed by atoms with Crippen LogP contribution >= 0.6 is 0 Å². The number of hydrogen-bond acceptors (Lipinski definition) is 6. The molecule has 124 valence electrons. The van der Waals surface area contributed by atoms with Crippen molar-refractivity contribution in [1.82, 2.24) is 29.5 Å². The van der Waals surface area contributed by atoms with Crippen molar-refractivity contribution in [3.8, 4) is 0 Å². The first-order valence-corrected chi connectivity index (χ1v) is 8.41. The zero-order chi connectivity index (χ0) is 16.2. The summed E-state index contributed by atoms with van der Waals surface area (Å²) in [6.45, 7) is 5.34. The van der Waals surface area contributed by atoms with Gasteiger partial charge in [0.2, 0.25) is 0 Å². The van der Waals surface area contributed by atoms with E-state index in [0.717, 1.165) is 45.0 Å². The third-order valence-corrected chi connectivity index (χ3v) is 4.55. The molecule has 1 fully saturated rings. The smallest absolute Gasteiger partial charge is 0.256 e. The van der Waals surface area contributed by atoms with Gasteiger partial charge in [0.15, 0.2) is 0 Å². The van der Waals surface area contributed by atoms with Crippen LogP contribution < -0.4 is 4.90 Å². The van der Waals surface area contributed by atoms with Crippen LogP contribution in [0.2, 0.25) is 0 Å². The summed E-state index contributed by atoms with van der Waals surface area (Å²) >= 11 is 0. The Labute approximate surface area is 141 Å². The van der Waals surface area contributed by atoms with E-state index in [1.54, 1.807) is 12.5 Å². The number of nitrogens with zero attached hydrogens (tertiary/aromatic N) is 7. The second-order valence-electron chi connectivity index (χ2n) is 6.10. The van der Waals surface area contributed by atoms with Crippen molar-refractivity contribution in [3.05, 3.63) is 48.7 Å². The highest BCUT2D eigenvalue weighted by Gasteiger charge is 2.19. The van der Waals surface area contributed by atoms with Gasteiger partial charge in [0.05, 0.1) is 0 Å². The van der Waals surface area contributed by atoms with Crippen LogP contribution in [0, 0.1) is 0 Å². The molecule has 0 aromatic carbocycles. The Kier molecular flexibility index (Phi) is 4.33. The fraction of sp³-hybridized carbons (Fsp3) is 0.412.